The van der Waals surface area contributed by atoms with Gasteiger partial charge in [0.25, 0.3) is 0 Å². The second-order valence-electron chi connectivity index (χ2n) is 5.57. The smallest absolute Gasteiger partial charge is 0.0231 e. The number of piperidine rings is 1. The van der Waals surface area contributed by atoms with Crippen molar-refractivity contribution >= 4 is 15.9 Å². The zero-order chi connectivity index (χ0) is 13.0. The van der Waals surface area contributed by atoms with Crippen LogP contribution < -0.4 is 5.32 Å². The Labute approximate surface area is 119 Å². The average Bonchev–Trinajstić information content (AvgIpc) is 2.28. The van der Waals surface area contributed by atoms with E-state index in [1.165, 1.54) is 36.0 Å². The number of hydrogen-bond donors (Lipinski definition) is 1. The van der Waals surface area contributed by atoms with Crippen molar-refractivity contribution in [3.05, 3.63) is 34.3 Å². The van der Waals surface area contributed by atoms with Crippen LogP contribution >= 0.6 is 15.9 Å². The Morgan fingerprint density at radius 1 is 1.44 bits per heavy atom. The minimum Gasteiger partial charge on any atom is -0.314 e. The van der Waals surface area contributed by atoms with Gasteiger partial charge in [-0.1, -0.05) is 28.1 Å². The molecule has 0 amide bonds. The van der Waals surface area contributed by atoms with Gasteiger partial charge in [0.05, 0.1) is 0 Å². The monoisotopic (exact) mass is 310 g/mol. The molecule has 100 valence electrons. The van der Waals surface area contributed by atoms with Crippen molar-refractivity contribution in [3.8, 4) is 0 Å². The number of rotatable bonds is 4. The van der Waals surface area contributed by atoms with Crippen LogP contribution in [0, 0.1) is 5.92 Å². The zero-order valence-corrected chi connectivity index (χ0v) is 12.9. The third-order valence-corrected chi connectivity index (χ3v) is 4.14. The Hall–Kier alpha value is -0.380. The summed E-state index contributed by atoms with van der Waals surface area (Å²) in [5.74, 6) is 0.846. The number of hydrogen-bond acceptors (Lipinski definition) is 2. The SMILES string of the molecule is CC1CC(CN(C)Cc2cccc(Br)c2)CCN1. The maximum absolute atomic E-state index is 3.53. The maximum Gasteiger partial charge on any atom is 0.0231 e. The summed E-state index contributed by atoms with van der Waals surface area (Å²) in [6, 6.07) is 9.29. The fraction of sp³-hybridized carbons (Fsp3) is 0.600. The molecule has 0 saturated carbocycles. The van der Waals surface area contributed by atoms with Crippen LogP contribution in [0.15, 0.2) is 28.7 Å². The molecule has 1 aliphatic rings. The van der Waals surface area contributed by atoms with Crippen LogP contribution in [0.3, 0.4) is 0 Å². The highest BCUT2D eigenvalue weighted by atomic mass is 79.9. The minimum absolute atomic E-state index is 0.683. The Kier molecular flexibility index (Phi) is 5.22. The van der Waals surface area contributed by atoms with E-state index < -0.39 is 0 Å². The lowest BCUT2D eigenvalue weighted by molar-refractivity contribution is 0.215. The van der Waals surface area contributed by atoms with Crippen LogP contribution in [0.5, 0.6) is 0 Å². The Morgan fingerprint density at radius 2 is 2.28 bits per heavy atom. The summed E-state index contributed by atoms with van der Waals surface area (Å²) in [5, 5.41) is 3.52. The first-order valence-corrected chi connectivity index (χ1v) is 7.59. The largest absolute Gasteiger partial charge is 0.314 e. The van der Waals surface area contributed by atoms with Crippen LogP contribution in [0.2, 0.25) is 0 Å². The van der Waals surface area contributed by atoms with Crippen LogP contribution in [0.4, 0.5) is 0 Å². The number of nitrogens with zero attached hydrogens (tertiary/aromatic N) is 1. The van der Waals surface area contributed by atoms with Gasteiger partial charge in [-0.15, -0.1) is 0 Å². The predicted octanol–water partition coefficient (Wildman–Crippen LogP) is 3.27. The number of benzene rings is 1. The molecule has 1 aromatic carbocycles. The molecule has 2 unspecified atom stereocenters. The lowest BCUT2D eigenvalue weighted by atomic mass is 9.93. The fourth-order valence-corrected chi connectivity index (χ4v) is 3.30. The van der Waals surface area contributed by atoms with Crippen molar-refractivity contribution in [2.24, 2.45) is 5.92 Å². The van der Waals surface area contributed by atoms with Crippen molar-refractivity contribution in [2.45, 2.75) is 32.4 Å². The van der Waals surface area contributed by atoms with Gasteiger partial charge in [0.1, 0.15) is 0 Å². The molecule has 0 aromatic heterocycles. The molecule has 0 spiro atoms. The van der Waals surface area contributed by atoms with Gasteiger partial charge in [0, 0.05) is 23.6 Å². The minimum atomic E-state index is 0.683. The standard InChI is InChI=1S/C15H23BrN2/c1-12-8-14(6-7-17-12)11-18(2)10-13-4-3-5-15(16)9-13/h3-5,9,12,14,17H,6-8,10-11H2,1-2H3. The van der Waals surface area contributed by atoms with E-state index >= 15 is 0 Å². The topological polar surface area (TPSA) is 15.3 Å². The fourth-order valence-electron chi connectivity index (χ4n) is 2.85. The first-order chi connectivity index (χ1) is 8.63. The van der Waals surface area contributed by atoms with Crippen LogP contribution in [-0.4, -0.2) is 31.1 Å². The van der Waals surface area contributed by atoms with Gasteiger partial charge in [-0.2, -0.15) is 0 Å². The average molecular weight is 311 g/mol. The van der Waals surface area contributed by atoms with E-state index in [1.54, 1.807) is 0 Å². The summed E-state index contributed by atoms with van der Waals surface area (Å²) in [6.07, 6.45) is 2.62. The van der Waals surface area contributed by atoms with E-state index in [4.69, 9.17) is 0 Å². The van der Waals surface area contributed by atoms with Crippen molar-refractivity contribution in [3.63, 3.8) is 0 Å². The van der Waals surface area contributed by atoms with E-state index in [1.807, 2.05) is 0 Å². The summed E-state index contributed by atoms with van der Waals surface area (Å²) in [4.78, 5) is 2.45. The highest BCUT2D eigenvalue weighted by Gasteiger charge is 2.19. The molecule has 1 aromatic rings. The molecule has 1 aliphatic heterocycles. The van der Waals surface area contributed by atoms with E-state index in [9.17, 15) is 0 Å². The summed E-state index contributed by atoms with van der Waals surface area (Å²) < 4.78 is 1.17. The summed E-state index contributed by atoms with van der Waals surface area (Å²) >= 11 is 3.53. The molecule has 2 nitrogen and oxygen atoms in total. The Balaban J connectivity index is 1.82. The first kappa shape index (κ1) is 14.0. The zero-order valence-electron chi connectivity index (χ0n) is 11.3. The Morgan fingerprint density at radius 3 is 3.00 bits per heavy atom. The van der Waals surface area contributed by atoms with E-state index in [0.717, 1.165) is 12.5 Å². The summed E-state index contributed by atoms with van der Waals surface area (Å²) in [6.45, 7) is 5.72. The van der Waals surface area contributed by atoms with Crippen molar-refractivity contribution in [1.82, 2.24) is 10.2 Å². The van der Waals surface area contributed by atoms with Gasteiger partial charge in [0.15, 0.2) is 0 Å². The highest BCUT2D eigenvalue weighted by Crippen LogP contribution is 2.18. The van der Waals surface area contributed by atoms with Crippen molar-refractivity contribution < 1.29 is 0 Å². The molecule has 0 aliphatic carbocycles. The molecule has 1 saturated heterocycles. The first-order valence-electron chi connectivity index (χ1n) is 6.80. The van der Waals surface area contributed by atoms with E-state index in [2.05, 4.69) is 64.4 Å². The van der Waals surface area contributed by atoms with Gasteiger partial charge in [0.2, 0.25) is 0 Å². The summed E-state index contributed by atoms with van der Waals surface area (Å²) in [7, 11) is 2.23. The number of halogens is 1. The van der Waals surface area contributed by atoms with Crippen molar-refractivity contribution in [1.29, 1.82) is 0 Å². The molecular weight excluding hydrogens is 288 g/mol. The third kappa shape index (κ3) is 4.38. The molecular formula is C15H23BrN2. The molecule has 2 rings (SSSR count). The van der Waals surface area contributed by atoms with Gasteiger partial charge in [-0.25, -0.2) is 0 Å². The maximum atomic E-state index is 3.53. The molecule has 2 atom stereocenters. The molecule has 1 fully saturated rings. The molecule has 1 heterocycles. The second-order valence-corrected chi connectivity index (χ2v) is 6.49. The molecule has 0 bridgehead atoms. The predicted molar refractivity (Wildman–Crippen MR) is 80.7 cm³/mol. The highest BCUT2D eigenvalue weighted by molar-refractivity contribution is 9.10. The second kappa shape index (κ2) is 6.69. The van der Waals surface area contributed by atoms with E-state index in [0.29, 0.717) is 6.04 Å². The van der Waals surface area contributed by atoms with Gasteiger partial charge >= 0.3 is 0 Å². The Bertz CT molecular complexity index is 381. The quantitative estimate of drug-likeness (QED) is 0.918. The van der Waals surface area contributed by atoms with Crippen LogP contribution in [-0.2, 0) is 6.54 Å². The molecule has 1 N–H and O–H groups in total. The van der Waals surface area contributed by atoms with Gasteiger partial charge < -0.3 is 10.2 Å². The van der Waals surface area contributed by atoms with Crippen LogP contribution in [0.25, 0.3) is 0 Å². The molecule has 3 heteroatoms. The summed E-state index contributed by atoms with van der Waals surface area (Å²) in [5.41, 5.74) is 1.38. The van der Waals surface area contributed by atoms with Gasteiger partial charge in [-0.3, -0.25) is 0 Å². The van der Waals surface area contributed by atoms with E-state index in [-0.39, 0.29) is 0 Å². The molecule has 0 radical (unpaired) electrons. The third-order valence-electron chi connectivity index (χ3n) is 3.64. The number of nitrogens with one attached hydrogen (secondary N) is 1. The van der Waals surface area contributed by atoms with Crippen LogP contribution in [0.1, 0.15) is 25.3 Å². The normalized spacial score (nSPS) is 24.4. The lowest BCUT2D eigenvalue weighted by Crippen LogP contribution is -2.39. The lowest BCUT2D eigenvalue weighted by Gasteiger charge is -2.31. The van der Waals surface area contributed by atoms with Crippen molar-refractivity contribution in [2.75, 3.05) is 20.1 Å². The van der Waals surface area contributed by atoms with Gasteiger partial charge in [-0.05, 0) is 57.0 Å². The molecule has 18 heavy (non-hydrogen) atoms.